The Morgan fingerprint density at radius 3 is 2.59 bits per heavy atom. The number of hydrazone groups is 1. The molecule has 0 unspecified atom stereocenters. The fourth-order valence-electron chi connectivity index (χ4n) is 2.95. The maximum absolute atomic E-state index is 12.4. The average molecular weight is 423 g/mol. The lowest BCUT2D eigenvalue weighted by Gasteiger charge is -2.04. The van der Waals surface area contributed by atoms with Crippen LogP contribution in [0.5, 0.6) is 0 Å². The maximum atomic E-state index is 12.4. The number of halogens is 2. The first-order chi connectivity index (χ1) is 14.0. The molecule has 0 saturated carbocycles. The van der Waals surface area contributed by atoms with Gasteiger partial charge >= 0.3 is 0 Å². The van der Waals surface area contributed by atoms with Crippen molar-refractivity contribution in [2.45, 2.75) is 6.92 Å². The van der Waals surface area contributed by atoms with Crippen molar-refractivity contribution < 1.29 is 4.79 Å². The summed E-state index contributed by atoms with van der Waals surface area (Å²) in [6.45, 7) is 1.84. The van der Waals surface area contributed by atoms with Crippen molar-refractivity contribution in [3.05, 3.63) is 88.0 Å². The van der Waals surface area contributed by atoms with Crippen molar-refractivity contribution in [3.63, 3.8) is 0 Å². The molecule has 0 aliphatic rings. The second-order valence-corrected chi connectivity index (χ2v) is 7.33. The van der Waals surface area contributed by atoms with Gasteiger partial charge in [-0.3, -0.25) is 9.89 Å². The summed E-state index contributed by atoms with van der Waals surface area (Å²) in [5.74, 6) is -0.394. The van der Waals surface area contributed by atoms with Crippen molar-refractivity contribution in [2.24, 2.45) is 5.10 Å². The fourth-order valence-corrected chi connectivity index (χ4v) is 3.45. The third-order valence-electron chi connectivity index (χ3n) is 4.52. The molecule has 0 aliphatic heterocycles. The molecule has 7 heteroatoms. The normalized spacial score (nSPS) is 11.6. The van der Waals surface area contributed by atoms with E-state index in [1.807, 2.05) is 43.3 Å². The van der Waals surface area contributed by atoms with Crippen LogP contribution in [0.4, 0.5) is 0 Å². The van der Waals surface area contributed by atoms with E-state index in [0.717, 1.165) is 16.3 Å². The van der Waals surface area contributed by atoms with E-state index >= 15 is 0 Å². The number of hydrogen-bond donors (Lipinski definition) is 2. The molecule has 4 aromatic rings. The third kappa shape index (κ3) is 4.16. The summed E-state index contributed by atoms with van der Waals surface area (Å²) in [5, 5.41) is 14.3. The number of nitrogens with zero attached hydrogens (tertiary/aromatic N) is 2. The van der Waals surface area contributed by atoms with E-state index in [2.05, 4.69) is 26.8 Å². The molecule has 0 radical (unpaired) electrons. The topological polar surface area (TPSA) is 70.1 Å². The highest BCUT2D eigenvalue weighted by Gasteiger charge is 2.13. The van der Waals surface area contributed by atoms with Gasteiger partial charge in [0.1, 0.15) is 5.69 Å². The summed E-state index contributed by atoms with van der Waals surface area (Å²) in [6.07, 6.45) is 0. The monoisotopic (exact) mass is 422 g/mol. The van der Waals surface area contributed by atoms with Crippen LogP contribution in [0.3, 0.4) is 0 Å². The molecular weight excluding hydrogens is 407 g/mol. The summed E-state index contributed by atoms with van der Waals surface area (Å²) in [6, 6.07) is 20.8. The van der Waals surface area contributed by atoms with Crippen LogP contribution in [-0.4, -0.2) is 21.8 Å². The number of carbonyl (C=O) groups excluding carboxylic acids is 1. The quantitative estimate of drug-likeness (QED) is 0.327. The molecule has 0 fully saturated rings. The van der Waals surface area contributed by atoms with E-state index in [1.54, 1.807) is 24.3 Å². The standard InChI is InChI=1S/C22H16Cl2N4O/c1-13(15-7-6-14-4-2-3-5-16(14)10-15)25-28-22(29)21-12-20(26-27-21)18-9-8-17(23)11-19(18)24/h2-12H,1H3,(H,26,27)(H,28,29)/b25-13-. The third-order valence-corrected chi connectivity index (χ3v) is 5.07. The van der Waals surface area contributed by atoms with Gasteiger partial charge in [-0.1, -0.05) is 59.6 Å². The van der Waals surface area contributed by atoms with Gasteiger partial charge in [0.25, 0.3) is 5.91 Å². The first-order valence-corrected chi connectivity index (χ1v) is 9.61. The minimum Gasteiger partial charge on any atom is -0.272 e. The van der Waals surface area contributed by atoms with E-state index in [0.29, 0.717) is 27.0 Å². The van der Waals surface area contributed by atoms with Crippen molar-refractivity contribution in [2.75, 3.05) is 0 Å². The van der Waals surface area contributed by atoms with Gasteiger partial charge in [-0.15, -0.1) is 0 Å². The van der Waals surface area contributed by atoms with E-state index in [4.69, 9.17) is 23.2 Å². The molecule has 0 saturated heterocycles. The van der Waals surface area contributed by atoms with Crippen LogP contribution in [-0.2, 0) is 0 Å². The number of benzene rings is 3. The molecule has 1 aromatic heterocycles. The Hall–Kier alpha value is -3.15. The molecule has 0 bridgehead atoms. The molecular formula is C22H16Cl2N4O. The molecule has 5 nitrogen and oxygen atoms in total. The van der Waals surface area contributed by atoms with Crippen LogP contribution in [0.2, 0.25) is 10.0 Å². The predicted molar refractivity (Wildman–Crippen MR) is 118 cm³/mol. The van der Waals surface area contributed by atoms with E-state index in [9.17, 15) is 4.79 Å². The molecule has 4 rings (SSSR count). The zero-order valence-corrected chi connectivity index (χ0v) is 16.9. The number of H-pyrrole nitrogens is 1. The number of hydrogen-bond acceptors (Lipinski definition) is 3. The van der Waals surface area contributed by atoms with Gasteiger partial charge in [0.15, 0.2) is 0 Å². The van der Waals surface area contributed by atoms with E-state index in [-0.39, 0.29) is 5.69 Å². The number of nitrogens with one attached hydrogen (secondary N) is 2. The van der Waals surface area contributed by atoms with Crippen LogP contribution in [0, 0.1) is 0 Å². The molecule has 1 heterocycles. The number of amides is 1. The molecule has 29 heavy (non-hydrogen) atoms. The first kappa shape index (κ1) is 19.2. The van der Waals surface area contributed by atoms with Crippen LogP contribution < -0.4 is 5.43 Å². The Morgan fingerprint density at radius 2 is 1.79 bits per heavy atom. The number of aromatic amines is 1. The molecule has 3 aromatic carbocycles. The highest BCUT2D eigenvalue weighted by Crippen LogP contribution is 2.29. The highest BCUT2D eigenvalue weighted by molar-refractivity contribution is 6.36. The van der Waals surface area contributed by atoms with Crippen molar-refractivity contribution in [3.8, 4) is 11.3 Å². The Bertz CT molecular complexity index is 1250. The second-order valence-electron chi connectivity index (χ2n) is 6.49. The summed E-state index contributed by atoms with van der Waals surface area (Å²) >= 11 is 12.1. The molecule has 0 aliphatic carbocycles. The van der Waals surface area contributed by atoms with Gasteiger partial charge in [0.05, 0.1) is 16.4 Å². The minimum absolute atomic E-state index is 0.279. The lowest BCUT2D eigenvalue weighted by molar-refractivity contribution is 0.0950. The maximum Gasteiger partial charge on any atom is 0.289 e. The number of carbonyl (C=O) groups is 1. The SMILES string of the molecule is C/C(=N/NC(=O)c1cc(-c2ccc(Cl)cc2Cl)n[nH]1)c1ccc2ccccc2c1. The smallest absolute Gasteiger partial charge is 0.272 e. The van der Waals surface area contributed by atoms with Crippen LogP contribution in [0.15, 0.2) is 71.8 Å². The summed E-state index contributed by atoms with van der Waals surface area (Å²) in [4.78, 5) is 12.4. The van der Waals surface area contributed by atoms with Gasteiger partial charge in [-0.25, -0.2) is 5.43 Å². The van der Waals surface area contributed by atoms with Crippen LogP contribution in [0.25, 0.3) is 22.0 Å². The minimum atomic E-state index is -0.394. The Labute approximate surface area is 177 Å². The Morgan fingerprint density at radius 1 is 1.00 bits per heavy atom. The lowest BCUT2D eigenvalue weighted by Crippen LogP contribution is -2.19. The Kier molecular flexibility index (Phi) is 5.34. The lowest BCUT2D eigenvalue weighted by atomic mass is 10.0. The first-order valence-electron chi connectivity index (χ1n) is 8.86. The zero-order chi connectivity index (χ0) is 20.4. The second kappa shape index (κ2) is 8.07. The van der Waals surface area contributed by atoms with Crippen LogP contribution in [0.1, 0.15) is 23.0 Å². The zero-order valence-electron chi connectivity index (χ0n) is 15.4. The predicted octanol–water partition coefficient (Wildman–Crippen LogP) is 5.69. The number of fused-ring (bicyclic) bond motifs is 1. The van der Waals surface area contributed by atoms with Gasteiger partial charge < -0.3 is 0 Å². The van der Waals surface area contributed by atoms with Crippen LogP contribution >= 0.6 is 23.2 Å². The molecule has 0 spiro atoms. The van der Waals surface area contributed by atoms with Crippen molar-refractivity contribution in [1.82, 2.24) is 15.6 Å². The van der Waals surface area contributed by atoms with Crippen molar-refractivity contribution >= 4 is 45.6 Å². The number of rotatable bonds is 4. The van der Waals surface area contributed by atoms with Gasteiger partial charge in [0.2, 0.25) is 0 Å². The summed E-state index contributed by atoms with van der Waals surface area (Å²) in [7, 11) is 0. The highest BCUT2D eigenvalue weighted by atomic mass is 35.5. The Balaban J connectivity index is 1.51. The summed E-state index contributed by atoms with van der Waals surface area (Å²) in [5.41, 5.74) is 5.70. The number of aromatic nitrogens is 2. The molecule has 144 valence electrons. The molecule has 0 atom stereocenters. The average Bonchev–Trinajstić information content (AvgIpc) is 3.21. The van der Waals surface area contributed by atoms with E-state index < -0.39 is 5.91 Å². The van der Waals surface area contributed by atoms with Gasteiger partial charge in [-0.05, 0) is 53.6 Å². The molecule has 1 amide bonds. The van der Waals surface area contributed by atoms with Crippen molar-refractivity contribution in [1.29, 1.82) is 0 Å². The fraction of sp³-hybridized carbons (Fsp3) is 0.0455. The van der Waals surface area contributed by atoms with Gasteiger partial charge in [0, 0.05) is 10.6 Å². The summed E-state index contributed by atoms with van der Waals surface area (Å²) < 4.78 is 0. The van der Waals surface area contributed by atoms with Gasteiger partial charge in [-0.2, -0.15) is 10.2 Å². The largest absolute Gasteiger partial charge is 0.289 e. The molecule has 2 N–H and O–H groups in total. The van der Waals surface area contributed by atoms with E-state index in [1.165, 1.54) is 0 Å².